The Hall–Kier alpha value is -2.83. The van der Waals surface area contributed by atoms with E-state index in [1.807, 2.05) is 26.8 Å². The molecule has 7 heteroatoms. The van der Waals surface area contributed by atoms with Crippen LogP contribution in [0.5, 0.6) is 5.75 Å². The SMILES string of the molecule is CC(C)(C)OC(=O)N1CCN(C(=O)/C=C/C(=O)c2ccc3c(c2)OCC3)CC1. The average Bonchev–Trinajstić information content (AvgIpc) is 3.12. The van der Waals surface area contributed by atoms with Gasteiger partial charge < -0.3 is 19.3 Å². The van der Waals surface area contributed by atoms with E-state index in [0.29, 0.717) is 38.3 Å². The van der Waals surface area contributed by atoms with Gasteiger partial charge in [-0.1, -0.05) is 12.1 Å². The molecule has 2 aliphatic heterocycles. The number of carbonyl (C=O) groups is 3. The molecule has 2 amide bonds. The van der Waals surface area contributed by atoms with E-state index in [1.54, 1.807) is 21.9 Å². The first-order valence-electron chi connectivity index (χ1n) is 9.48. The largest absolute Gasteiger partial charge is 0.493 e. The molecule has 28 heavy (non-hydrogen) atoms. The predicted octanol–water partition coefficient (Wildman–Crippen LogP) is 2.44. The van der Waals surface area contributed by atoms with Crippen molar-refractivity contribution in [1.29, 1.82) is 0 Å². The fourth-order valence-electron chi connectivity index (χ4n) is 3.10. The van der Waals surface area contributed by atoms with Crippen LogP contribution in [0.2, 0.25) is 0 Å². The predicted molar refractivity (Wildman–Crippen MR) is 103 cm³/mol. The molecule has 0 aromatic heterocycles. The number of hydrogen-bond acceptors (Lipinski definition) is 5. The van der Waals surface area contributed by atoms with Crippen molar-refractivity contribution in [3.63, 3.8) is 0 Å². The molecule has 1 saturated heterocycles. The Morgan fingerprint density at radius 1 is 1.04 bits per heavy atom. The number of ketones is 1. The maximum Gasteiger partial charge on any atom is 0.410 e. The van der Waals surface area contributed by atoms with Gasteiger partial charge in [0.25, 0.3) is 0 Å². The molecular formula is C21H26N2O5. The summed E-state index contributed by atoms with van der Waals surface area (Å²) in [5.41, 5.74) is 1.05. The number of benzene rings is 1. The molecule has 150 valence electrons. The second-order valence-electron chi connectivity index (χ2n) is 7.91. The van der Waals surface area contributed by atoms with Gasteiger partial charge in [-0.2, -0.15) is 0 Å². The van der Waals surface area contributed by atoms with E-state index in [4.69, 9.17) is 9.47 Å². The van der Waals surface area contributed by atoms with E-state index in [1.165, 1.54) is 12.2 Å². The van der Waals surface area contributed by atoms with Gasteiger partial charge in [-0.15, -0.1) is 0 Å². The molecule has 0 N–H and O–H groups in total. The van der Waals surface area contributed by atoms with Crippen LogP contribution in [0.3, 0.4) is 0 Å². The zero-order valence-electron chi connectivity index (χ0n) is 16.6. The van der Waals surface area contributed by atoms with Crippen molar-refractivity contribution in [3.8, 4) is 5.75 Å². The second-order valence-corrected chi connectivity index (χ2v) is 7.91. The first-order chi connectivity index (χ1) is 13.2. The highest BCUT2D eigenvalue weighted by atomic mass is 16.6. The Bertz CT molecular complexity index is 802. The van der Waals surface area contributed by atoms with Crippen molar-refractivity contribution in [3.05, 3.63) is 41.5 Å². The summed E-state index contributed by atoms with van der Waals surface area (Å²) in [6.07, 6.45) is 3.07. The van der Waals surface area contributed by atoms with Crippen LogP contribution in [0.25, 0.3) is 0 Å². The summed E-state index contributed by atoms with van der Waals surface area (Å²) in [6.45, 7) is 7.72. The lowest BCUT2D eigenvalue weighted by atomic mass is 10.1. The van der Waals surface area contributed by atoms with E-state index in [-0.39, 0.29) is 17.8 Å². The number of fused-ring (bicyclic) bond motifs is 1. The zero-order valence-corrected chi connectivity index (χ0v) is 16.6. The van der Waals surface area contributed by atoms with Gasteiger partial charge in [-0.05, 0) is 38.5 Å². The summed E-state index contributed by atoms with van der Waals surface area (Å²) in [5.74, 6) is 0.262. The number of hydrogen-bond donors (Lipinski definition) is 0. The molecule has 0 unspecified atom stereocenters. The van der Waals surface area contributed by atoms with Crippen molar-refractivity contribution >= 4 is 17.8 Å². The van der Waals surface area contributed by atoms with Crippen LogP contribution >= 0.6 is 0 Å². The zero-order chi connectivity index (χ0) is 20.3. The molecule has 0 aliphatic carbocycles. The molecule has 3 rings (SSSR count). The summed E-state index contributed by atoms with van der Waals surface area (Å²) in [6, 6.07) is 5.37. The Morgan fingerprint density at radius 3 is 2.39 bits per heavy atom. The number of amides is 2. The van der Waals surface area contributed by atoms with Crippen LogP contribution < -0.4 is 4.74 Å². The highest BCUT2D eigenvalue weighted by Crippen LogP contribution is 2.26. The fraction of sp³-hybridized carbons (Fsp3) is 0.476. The van der Waals surface area contributed by atoms with Crippen molar-refractivity contribution in [1.82, 2.24) is 9.80 Å². The number of nitrogens with zero attached hydrogens (tertiary/aromatic N) is 2. The lowest BCUT2D eigenvalue weighted by Crippen LogP contribution is -2.51. The van der Waals surface area contributed by atoms with Gasteiger partial charge in [0.1, 0.15) is 11.4 Å². The molecule has 2 heterocycles. The van der Waals surface area contributed by atoms with Crippen LogP contribution in [0.15, 0.2) is 30.4 Å². The van der Waals surface area contributed by atoms with Gasteiger partial charge in [0.2, 0.25) is 5.91 Å². The van der Waals surface area contributed by atoms with Crippen molar-refractivity contribution in [2.75, 3.05) is 32.8 Å². The van der Waals surface area contributed by atoms with Gasteiger partial charge in [-0.25, -0.2) is 4.79 Å². The molecule has 0 saturated carbocycles. The number of carbonyl (C=O) groups excluding carboxylic acids is 3. The Kier molecular flexibility index (Phi) is 5.72. The fourth-order valence-corrected chi connectivity index (χ4v) is 3.10. The average molecular weight is 386 g/mol. The monoisotopic (exact) mass is 386 g/mol. The lowest BCUT2D eigenvalue weighted by molar-refractivity contribution is -0.127. The van der Waals surface area contributed by atoms with Gasteiger partial charge in [0, 0.05) is 44.2 Å². The highest BCUT2D eigenvalue weighted by molar-refractivity contribution is 6.07. The van der Waals surface area contributed by atoms with Crippen LogP contribution in [0.1, 0.15) is 36.7 Å². The lowest BCUT2D eigenvalue weighted by Gasteiger charge is -2.35. The molecule has 0 radical (unpaired) electrons. The standard InChI is InChI=1S/C21H26N2O5/c1-21(2,3)28-20(26)23-11-9-22(10-12-23)19(25)7-6-17(24)16-5-4-15-8-13-27-18(15)14-16/h4-7,14H,8-13H2,1-3H3/b7-6+. The quantitative estimate of drug-likeness (QED) is 0.589. The molecule has 7 nitrogen and oxygen atoms in total. The number of rotatable bonds is 3. The molecule has 0 bridgehead atoms. The molecule has 1 aromatic rings. The van der Waals surface area contributed by atoms with Gasteiger partial charge in [0.05, 0.1) is 6.61 Å². The van der Waals surface area contributed by atoms with Crippen LogP contribution in [0.4, 0.5) is 4.79 Å². The molecule has 2 aliphatic rings. The highest BCUT2D eigenvalue weighted by Gasteiger charge is 2.27. The molecule has 1 fully saturated rings. The molecule has 1 aromatic carbocycles. The maximum atomic E-state index is 12.4. The number of ether oxygens (including phenoxy) is 2. The molecule has 0 spiro atoms. The topological polar surface area (TPSA) is 76.2 Å². The minimum atomic E-state index is -0.546. The van der Waals surface area contributed by atoms with Crippen molar-refractivity contribution in [2.45, 2.75) is 32.8 Å². The Balaban J connectivity index is 1.51. The third-order valence-corrected chi connectivity index (χ3v) is 4.60. The van der Waals surface area contributed by atoms with E-state index in [0.717, 1.165) is 17.7 Å². The summed E-state index contributed by atoms with van der Waals surface area (Å²) >= 11 is 0. The van der Waals surface area contributed by atoms with E-state index >= 15 is 0 Å². The smallest absolute Gasteiger partial charge is 0.410 e. The summed E-state index contributed by atoms with van der Waals surface area (Å²) in [5, 5.41) is 0. The van der Waals surface area contributed by atoms with Crippen LogP contribution in [-0.2, 0) is 16.0 Å². The van der Waals surface area contributed by atoms with E-state index in [2.05, 4.69) is 0 Å². The van der Waals surface area contributed by atoms with Crippen LogP contribution in [0, 0.1) is 0 Å². The van der Waals surface area contributed by atoms with Gasteiger partial charge in [-0.3, -0.25) is 9.59 Å². The molecule has 0 atom stereocenters. The number of allylic oxidation sites excluding steroid dienone is 1. The first-order valence-corrected chi connectivity index (χ1v) is 9.48. The number of piperazine rings is 1. The maximum absolute atomic E-state index is 12.4. The van der Waals surface area contributed by atoms with Crippen LogP contribution in [-0.4, -0.2) is 66.0 Å². The molecular weight excluding hydrogens is 360 g/mol. The van der Waals surface area contributed by atoms with Crippen molar-refractivity contribution in [2.24, 2.45) is 0 Å². The van der Waals surface area contributed by atoms with Crippen molar-refractivity contribution < 1.29 is 23.9 Å². The minimum Gasteiger partial charge on any atom is -0.493 e. The summed E-state index contributed by atoms with van der Waals surface area (Å²) in [7, 11) is 0. The Labute approximate surface area is 164 Å². The van der Waals surface area contributed by atoms with Gasteiger partial charge >= 0.3 is 6.09 Å². The third kappa shape index (κ3) is 4.91. The van der Waals surface area contributed by atoms with Gasteiger partial charge in [0.15, 0.2) is 5.78 Å². The Morgan fingerprint density at radius 2 is 1.71 bits per heavy atom. The minimum absolute atomic E-state index is 0.237. The first kappa shape index (κ1) is 19.9. The second kappa shape index (κ2) is 8.04. The van der Waals surface area contributed by atoms with E-state index < -0.39 is 5.60 Å². The summed E-state index contributed by atoms with van der Waals surface area (Å²) in [4.78, 5) is 40.0. The van der Waals surface area contributed by atoms with E-state index in [9.17, 15) is 14.4 Å². The summed E-state index contributed by atoms with van der Waals surface area (Å²) < 4.78 is 10.8. The third-order valence-electron chi connectivity index (χ3n) is 4.60. The normalized spacial score (nSPS) is 16.7.